The summed E-state index contributed by atoms with van der Waals surface area (Å²) in [7, 11) is -1.59. The number of thiophene rings is 1. The van der Waals surface area contributed by atoms with Crippen LogP contribution in [0.3, 0.4) is 0 Å². The molecule has 0 amide bonds. The zero-order valence-corrected chi connectivity index (χ0v) is 13.5. The third kappa shape index (κ3) is 2.83. The third-order valence-electron chi connectivity index (χ3n) is 4.25. The van der Waals surface area contributed by atoms with Crippen molar-refractivity contribution in [3.63, 3.8) is 0 Å². The van der Waals surface area contributed by atoms with Crippen LogP contribution < -0.4 is 0 Å². The average molecular weight is 268 g/mol. The van der Waals surface area contributed by atoms with E-state index in [0.29, 0.717) is 11.1 Å². The zero-order valence-electron chi connectivity index (χ0n) is 11.7. The SMILES string of the molecule is CC(C)(C)[Si](C)(C)OC1CCc2sccc2C1. The first-order chi connectivity index (χ1) is 7.79. The average Bonchev–Trinajstić information content (AvgIpc) is 2.62. The Bertz CT molecular complexity index is 389. The van der Waals surface area contributed by atoms with E-state index in [-0.39, 0.29) is 0 Å². The Kier molecular flexibility index (Phi) is 3.54. The van der Waals surface area contributed by atoms with Crippen LogP contribution in [0, 0.1) is 0 Å². The highest BCUT2D eigenvalue weighted by Crippen LogP contribution is 2.39. The third-order valence-corrected chi connectivity index (χ3v) is 9.80. The van der Waals surface area contributed by atoms with Gasteiger partial charge in [-0.2, -0.15) is 0 Å². The highest BCUT2D eigenvalue weighted by Gasteiger charge is 2.39. The second-order valence-electron chi connectivity index (χ2n) is 6.61. The predicted octanol–water partition coefficient (Wildman–Crippen LogP) is 4.63. The Labute approximate surface area is 110 Å². The molecule has 3 heteroatoms. The smallest absolute Gasteiger partial charge is 0.192 e. The number of hydrogen-bond acceptors (Lipinski definition) is 2. The maximum absolute atomic E-state index is 6.51. The van der Waals surface area contributed by atoms with Gasteiger partial charge in [-0.25, -0.2) is 0 Å². The van der Waals surface area contributed by atoms with E-state index in [4.69, 9.17) is 4.43 Å². The van der Waals surface area contributed by atoms with Crippen molar-refractivity contribution in [1.82, 2.24) is 0 Å². The van der Waals surface area contributed by atoms with Crippen LogP contribution in [0.5, 0.6) is 0 Å². The van der Waals surface area contributed by atoms with Crippen molar-refractivity contribution in [2.75, 3.05) is 0 Å². The van der Waals surface area contributed by atoms with Gasteiger partial charge in [0, 0.05) is 11.0 Å². The molecule has 1 heterocycles. The van der Waals surface area contributed by atoms with Crippen molar-refractivity contribution in [3.05, 3.63) is 21.9 Å². The minimum atomic E-state index is -1.59. The number of rotatable bonds is 2. The predicted molar refractivity (Wildman–Crippen MR) is 78.4 cm³/mol. The lowest BCUT2D eigenvalue weighted by Crippen LogP contribution is -2.45. The van der Waals surface area contributed by atoms with Gasteiger partial charge >= 0.3 is 0 Å². The van der Waals surface area contributed by atoms with E-state index in [1.54, 1.807) is 4.88 Å². The topological polar surface area (TPSA) is 9.23 Å². The Hall–Kier alpha value is -0.123. The first-order valence-corrected chi connectivity index (χ1v) is 10.3. The van der Waals surface area contributed by atoms with Crippen LogP contribution >= 0.6 is 11.3 Å². The van der Waals surface area contributed by atoms with E-state index in [2.05, 4.69) is 45.3 Å². The van der Waals surface area contributed by atoms with E-state index in [1.165, 1.54) is 18.4 Å². The van der Waals surface area contributed by atoms with Crippen LogP contribution in [0.1, 0.15) is 37.6 Å². The number of hydrogen-bond donors (Lipinski definition) is 0. The molecule has 96 valence electrons. The Morgan fingerprint density at radius 2 is 2.06 bits per heavy atom. The number of fused-ring (bicyclic) bond motifs is 1. The standard InChI is InChI=1S/C14H24OSSi/c1-14(2,3)17(4,5)15-12-6-7-13-11(10-12)8-9-16-13/h8-9,12H,6-7,10H2,1-5H3. The molecule has 0 saturated carbocycles. The minimum absolute atomic E-state index is 0.321. The fourth-order valence-electron chi connectivity index (χ4n) is 2.10. The second-order valence-corrected chi connectivity index (χ2v) is 12.4. The summed E-state index contributed by atoms with van der Waals surface area (Å²) in [6.45, 7) is 11.7. The van der Waals surface area contributed by atoms with Gasteiger partial charge in [0.1, 0.15) is 0 Å². The van der Waals surface area contributed by atoms with Gasteiger partial charge in [0.05, 0.1) is 0 Å². The van der Waals surface area contributed by atoms with Gasteiger partial charge in [-0.05, 0) is 54.4 Å². The fraction of sp³-hybridized carbons (Fsp3) is 0.714. The zero-order chi connectivity index (χ0) is 12.7. The summed E-state index contributed by atoms with van der Waals surface area (Å²) < 4.78 is 6.51. The molecule has 0 aromatic carbocycles. The van der Waals surface area contributed by atoms with E-state index in [0.717, 1.165) is 6.42 Å². The molecular weight excluding hydrogens is 244 g/mol. The van der Waals surface area contributed by atoms with Gasteiger partial charge in [-0.15, -0.1) is 11.3 Å². The molecule has 2 rings (SSSR count). The molecule has 1 unspecified atom stereocenters. The quantitative estimate of drug-likeness (QED) is 0.711. The van der Waals surface area contributed by atoms with E-state index in [1.807, 2.05) is 11.3 Å². The molecule has 17 heavy (non-hydrogen) atoms. The highest BCUT2D eigenvalue weighted by atomic mass is 32.1. The van der Waals surface area contributed by atoms with Crippen molar-refractivity contribution < 1.29 is 4.43 Å². The Morgan fingerprint density at radius 3 is 2.71 bits per heavy atom. The van der Waals surface area contributed by atoms with Crippen LogP contribution in [0.15, 0.2) is 11.4 Å². The van der Waals surface area contributed by atoms with E-state index >= 15 is 0 Å². The van der Waals surface area contributed by atoms with E-state index in [9.17, 15) is 0 Å². The lowest BCUT2D eigenvalue weighted by molar-refractivity contribution is 0.166. The van der Waals surface area contributed by atoms with Crippen molar-refractivity contribution in [2.24, 2.45) is 0 Å². The molecule has 1 aromatic heterocycles. The van der Waals surface area contributed by atoms with Gasteiger partial charge < -0.3 is 4.43 Å². The Morgan fingerprint density at radius 1 is 1.35 bits per heavy atom. The number of aryl methyl sites for hydroxylation is 1. The summed E-state index contributed by atoms with van der Waals surface area (Å²) in [5, 5.41) is 2.54. The maximum Gasteiger partial charge on any atom is 0.192 e. The Balaban J connectivity index is 2.03. The molecule has 0 spiro atoms. The summed E-state index contributed by atoms with van der Waals surface area (Å²) >= 11 is 1.91. The maximum atomic E-state index is 6.51. The molecule has 1 aliphatic rings. The van der Waals surface area contributed by atoms with Crippen LogP contribution in [0.25, 0.3) is 0 Å². The summed E-state index contributed by atoms with van der Waals surface area (Å²) in [6.07, 6.45) is 4.01. The molecule has 1 aromatic rings. The van der Waals surface area contributed by atoms with Crippen molar-refractivity contribution in [3.8, 4) is 0 Å². The van der Waals surface area contributed by atoms with Crippen LogP contribution in [0.2, 0.25) is 18.1 Å². The molecule has 0 N–H and O–H groups in total. The van der Waals surface area contributed by atoms with Crippen LogP contribution in [-0.2, 0) is 17.3 Å². The molecule has 1 aliphatic carbocycles. The molecule has 0 bridgehead atoms. The summed E-state index contributed by atoms with van der Waals surface area (Å²) in [4.78, 5) is 1.58. The van der Waals surface area contributed by atoms with E-state index < -0.39 is 8.32 Å². The van der Waals surface area contributed by atoms with Crippen molar-refractivity contribution >= 4 is 19.7 Å². The lowest BCUT2D eigenvalue weighted by Gasteiger charge is -2.40. The first kappa shape index (κ1) is 13.3. The molecular formula is C14H24OSSi. The van der Waals surface area contributed by atoms with Gasteiger partial charge in [-0.1, -0.05) is 20.8 Å². The monoisotopic (exact) mass is 268 g/mol. The van der Waals surface area contributed by atoms with Crippen LogP contribution in [0.4, 0.5) is 0 Å². The normalized spacial score (nSPS) is 21.4. The fourth-order valence-corrected chi connectivity index (χ4v) is 4.42. The van der Waals surface area contributed by atoms with Gasteiger partial charge in [0.15, 0.2) is 8.32 Å². The molecule has 0 aliphatic heterocycles. The summed E-state index contributed by atoms with van der Waals surface area (Å²) in [5.74, 6) is 0. The highest BCUT2D eigenvalue weighted by molar-refractivity contribution is 7.10. The van der Waals surface area contributed by atoms with Crippen molar-refractivity contribution in [1.29, 1.82) is 0 Å². The largest absolute Gasteiger partial charge is 0.414 e. The van der Waals surface area contributed by atoms with Crippen molar-refractivity contribution in [2.45, 2.75) is 64.3 Å². The molecule has 0 fully saturated rings. The summed E-state index contributed by atoms with van der Waals surface area (Å²) in [5.41, 5.74) is 1.53. The minimum Gasteiger partial charge on any atom is -0.414 e. The van der Waals surface area contributed by atoms with Gasteiger partial charge in [0.25, 0.3) is 0 Å². The summed E-state index contributed by atoms with van der Waals surface area (Å²) in [6, 6.07) is 2.28. The molecule has 1 nitrogen and oxygen atoms in total. The molecule has 1 atom stereocenters. The van der Waals surface area contributed by atoms with Crippen LogP contribution in [-0.4, -0.2) is 14.4 Å². The first-order valence-electron chi connectivity index (χ1n) is 6.53. The van der Waals surface area contributed by atoms with Gasteiger partial charge in [0.2, 0.25) is 0 Å². The second kappa shape index (κ2) is 4.52. The van der Waals surface area contributed by atoms with Gasteiger partial charge in [-0.3, -0.25) is 0 Å². The molecule has 0 radical (unpaired) electrons. The lowest BCUT2D eigenvalue weighted by atomic mass is 9.97. The molecule has 0 saturated heterocycles.